The van der Waals surface area contributed by atoms with E-state index in [1.165, 1.54) is 17.0 Å². The Hall–Kier alpha value is -2.24. The van der Waals surface area contributed by atoms with E-state index in [1.54, 1.807) is 19.9 Å². The molecule has 1 heterocycles. The zero-order chi connectivity index (χ0) is 14.0. The van der Waals surface area contributed by atoms with Gasteiger partial charge in [0.2, 0.25) is 0 Å². The molecule has 6 heteroatoms. The fraction of sp³-hybridized carbons (Fsp3) is 0.385. The quantitative estimate of drug-likeness (QED) is 0.827. The molecule has 1 atom stereocenters. The van der Waals surface area contributed by atoms with Gasteiger partial charge in [0, 0.05) is 6.07 Å². The first-order chi connectivity index (χ1) is 9.04. The number of esters is 1. The molecule has 1 aliphatic heterocycles. The van der Waals surface area contributed by atoms with Crippen molar-refractivity contribution in [2.75, 3.05) is 18.1 Å². The smallest absolute Gasteiger partial charge is 0.328 e. The third-order valence-electron chi connectivity index (χ3n) is 2.84. The highest BCUT2D eigenvalue weighted by Gasteiger charge is 2.34. The summed E-state index contributed by atoms with van der Waals surface area (Å²) in [5.74, 6) is -0.391. The van der Waals surface area contributed by atoms with Crippen LogP contribution < -0.4 is 9.64 Å². The Kier molecular flexibility index (Phi) is 3.59. The molecule has 1 amide bonds. The Labute approximate surface area is 110 Å². The number of carbonyl (C=O) groups is 2. The van der Waals surface area contributed by atoms with Crippen LogP contribution in [0.5, 0.6) is 11.5 Å². The monoisotopic (exact) mass is 265 g/mol. The van der Waals surface area contributed by atoms with E-state index >= 15 is 0 Å². The maximum Gasteiger partial charge on any atom is 0.328 e. The normalized spacial score (nSPS) is 15.5. The van der Waals surface area contributed by atoms with Crippen molar-refractivity contribution in [1.29, 1.82) is 0 Å². The van der Waals surface area contributed by atoms with Gasteiger partial charge in [-0.2, -0.15) is 0 Å². The lowest BCUT2D eigenvalue weighted by Crippen LogP contribution is -2.48. The molecule has 0 radical (unpaired) electrons. The molecule has 19 heavy (non-hydrogen) atoms. The summed E-state index contributed by atoms with van der Waals surface area (Å²) in [6.45, 7) is 3.39. The number of ether oxygens (including phenoxy) is 2. The van der Waals surface area contributed by atoms with Gasteiger partial charge in [-0.3, -0.25) is 9.69 Å². The lowest BCUT2D eigenvalue weighted by atomic mass is 10.1. The molecular weight excluding hydrogens is 250 g/mol. The Balaban J connectivity index is 2.37. The van der Waals surface area contributed by atoms with Crippen LogP contribution in [0.25, 0.3) is 0 Å². The molecule has 1 unspecified atom stereocenters. The average Bonchev–Trinajstić information content (AvgIpc) is 2.38. The summed E-state index contributed by atoms with van der Waals surface area (Å²) in [7, 11) is 0. The first-order valence-corrected chi connectivity index (χ1v) is 5.99. The lowest BCUT2D eigenvalue weighted by molar-refractivity contribution is -0.145. The second-order valence-electron chi connectivity index (χ2n) is 4.13. The molecule has 0 saturated carbocycles. The Bertz CT molecular complexity index is 514. The predicted octanol–water partition coefficient (Wildman–Crippen LogP) is 1.07. The van der Waals surface area contributed by atoms with Crippen molar-refractivity contribution < 1.29 is 24.2 Å². The maximum absolute atomic E-state index is 11.9. The average molecular weight is 265 g/mol. The number of benzene rings is 1. The number of phenolic OH excluding ortho intramolecular Hbond substituents is 1. The summed E-state index contributed by atoms with van der Waals surface area (Å²) in [6.07, 6.45) is 0. The van der Waals surface area contributed by atoms with Gasteiger partial charge in [-0.1, -0.05) is 0 Å². The van der Waals surface area contributed by atoms with Gasteiger partial charge in [-0.05, 0) is 26.0 Å². The van der Waals surface area contributed by atoms with Crippen molar-refractivity contribution in [2.24, 2.45) is 0 Å². The van der Waals surface area contributed by atoms with Gasteiger partial charge in [0.1, 0.15) is 17.5 Å². The second kappa shape index (κ2) is 5.17. The second-order valence-corrected chi connectivity index (χ2v) is 4.13. The van der Waals surface area contributed by atoms with Crippen LogP contribution in [-0.2, 0) is 14.3 Å². The molecule has 0 bridgehead atoms. The molecule has 0 aromatic heterocycles. The van der Waals surface area contributed by atoms with Gasteiger partial charge in [-0.25, -0.2) is 4.79 Å². The summed E-state index contributed by atoms with van der Waals surface area (Å²) in [5, 5.41) is 9.51. The first kappa shape index (κ1) is 13.2. The number of nitrogens with zero attached hydrogens (tertiary/aromatic N) is 1. The number of rotatable bonds is 3. The van der Waals surface area contributed by atoms with Crippen molar-refractivity contribution in [2.45, 2.75) is 19.9 Å². The van der Waals surface area contributed by atoms with Crippen LogP contribution in [0, 0.1) is 0 Å². The van der Waals surface area contributed by atoms with Crippen LogP contribution in [0.2, 0.25) is 0 Å². The van der Waals surface area contributed by atoms with Crippen LogP contribution in [-0.4, -0.2) is 36.2 Å². The van der Waals surface area contributed by atoms with Gasteiger partial charge >= 0.3 is 5.97 Å². The van der Waals surface area contributed by atoms with Gasteiger partial charge in [0.05, 0.1) is 12.3 Å². The zero-order valence-electron chi connectivity index (χ0n) is 10.8. The van der Waals surface area contributed by atoms with Crippen LogP contribution in [0.4, 0.5) is 5.69 Å². The Morgan fingerprint density at radius 1 is 1.58 bits per heavy atom. The van der Waals surface area contributed by atoms with Gasteiger partial charge < -0.3 is 14.6 Å². The molecule has 6 nitrogen and oxygen atoms in total. The van der Waals surface area contributed by atoms with Crippen molar-refractivity contribution >= 4 is 17.6 Å². The first-order valence-electron chi connectivity index (χ1n) is 5.99. The molecular formula is C13H15NO5. The zero-order valence-corrected chi connectivity index (χ0v) is 10.8. The molecule has 1 aromatic rings. The number of hydrogen-bond donors (Lipinski definition) is 1. The minimum Gasteiger partial charge on any atom is -0.508 e. The van der Waals surface area contributed by atoms with Crippen LogP contribution in [0.3, 0.4) is 0 Å². The number of amides is 1. The van der Waals surface area contributed by atoms with Crippen LogP contribution in [0.1, 0.15) is 13.8 Å². The number of anilines is 1. The van der Waals surface area contributed by atoms with Gasteiger partial charge in [0.15, 0.2) is 6.61 Å². The van der Waals surface area contributed by atoms with E-state index in [0.717, 1.165) is 0 Å². The van der Waals surface area contributed by atoms with E-state index in [2.05, 4.69) is 0 Å². The fourth-order valence-corrected chi connectivity index (χ4v) is 1.95. The van der Waals surface area contributed by atoms with E-state index in [1.807, 2.05) is 0 Å². The molecule has 0 saturated heterocycles. The summed E-state index contributed by atoms with van der Waals surface area (Å²) in [6, 6.07) is 3.64. The molecule has 0 spiro atoms. The molecule has 1 aromatic carbocycles. The largest absolute Gasteiger partial charge is 0.508 e. The highest BCUT2D eigenvalue weighted by molar-refractivity contribution is 6.02. The van der Waals surface area contributed by atoms with Crippen LogP contribution in [0.15, 0.2) is 18.2 Å². The summed E-state index contributed by atoms with van der Waals surface area (Å²) in [4.78, 5) is 25.0. The predicted molar refractivity (Wildman–Crippen MR) is 67.2 cm³/mol. The van der Waals surface area contributed by atoms with E-state index < -0.39 is 12.0 Å². The van der Waals surface area contributed by atoms with Crippen molar-refractivity contribution in [1.82, 2.24) is 0 Å². The van der Waals surface area contributed by atoms with Crippen molar-refractivity contribution in [3.05, 3.63) is 18.2 Å². The van der Waals surface area contributed by atoms with Gasteiger partial charge in [0.25, 0.3) is 5.91 Å². The maximum atomic E-state index is 11.9. The summed E-state index contributed by atoms with van der Waals surface area (Å²) >= 11 is 0. The third-order valence-corrected chi connectivity index (χ3v) is 2.84. The summed E-state index contributed by atoms with van der Waals surface area (Å²) < 4.78 is 10.2. The number of phenols is 1. The third kappa shape index (κ3) is 2.47. The van der Waals surface area contributed by atoms with E-state index in [9.17, 15) is 14.7 Å². The topological polar surface area (TPSA) is 76.1 Å². The molecule has 1 N–H and O–H groups in total. The van der Waals surface area contributed by atoms with Crippen molar-refractivity contribution in [3.8, 4) is 11.5 Å². The van der Waals surface area contributed by atoms with Crippen LogP contribution >= 0.6 is 0 Å². The van der Waals surface area contributed by atoms with Gasteiger partial charge in [-0.15, -0.1) is 0 Å². The molecule has 2 rings (SSSR count). The molecule has 0 fully saturated rings. The SMILES string of the molecule is CCOC(=O)C(C)N1C(=O)COc2ccc(O)cc21. The minimum absolute atomic E-state index is 0.00175. The molecule has 0 aliphatic carbocycles. The number of hydrogen-bond acceptors (Lipinski definition) is 5. The minimum atomic E-state index is -0.767. The van der Waals surface area contributed by atoms with E-state index in [0.29, 0.717) is 11.4 Å². The molecule has 1 aliphatic rings. The van der Waals surface area contributed by atoms with E-state index in [4.69, 9.17) is 9.47 Å². The Morgan fingerprint density at radius 3 is 3.00 bits per heavy atom. The van der Waals surface area contributed by atoms with Crippen molar-refractivity contribution in [3.63, 3.8) is 0 Å². The highest BCUT2D eigenvalue weighted by atomic mass is 16.5. The lowest BCUT2D eigenvalue weighted by Gasteiger charge is -2.32. The van der Waals surface area contributed by atoms with E-state index in [-0.39, 0.29) is 24.9 Å². The number of carbonyl (C=O) groups excluding carboxylic acids is 2. The highest BCUT2D eigenvalue weighted by Crippen LogP contribution is 2.36. The molecule has 102 valence electrons. The fourth-order valence-electron chi connectivity index (χ4n) is 1.95. The number of fused-ring (bicyclic) bond motifs is 1. The standard InChI is InChI=1S/C13H15NO5/c1-3-18-13(17)8(2)14-10-6-9(15)4-5-11(10)19-7-12(14)16/h4-6,8,15H,3,7H2,1-2H3. The number of aromatic hydroxyl groups is 1. The Morgan fingerprint density at radius 2 is 2.32 bits per heavy atom. The summed E-state index contributed by atoms with van der Waals surface area (Å²) in [5.41, 5.74) is 0.372.